The molecule has 1 aliphatic carbocycles. The standard InChI is InChI=1S/C24H28N2O4/c1-24(28)11-12-26(14-16-7-10-19-20(13-16)30-15-29-19)21(17-5-3-2-4-6-17)22(24)25-23(27)18-8-9-18/h2-7,10,13,18,21-22,28H,8-9,11-12,14-15H2,1H3,(H,25,27)/t21-,22-,24+/m0/s1. The predicted octanol–water partition coefficient (Wildman–Crippen LogP) is 3.01. The Kier molecular flexibility index (Phi) is 4.91. The highest BCUT2D eigenvalue weighted by Crippen LogP contribution is 2.40. The second-order valence-corrected chi connectivity index (χ2v) is 8.88. The van der Waals surface area contributed by atoms with Crippen LogP contribution < -0.4 is 14.8 Å². The fraction of sp³-hybridized carbons (Fsp3) is 0.458. The number of nitrogens with zero attached hydrogens (tertiary/aromatic N) is 1. The molecule has 0 bridgehead atoms. The fourth-order valence-electron chi connectivity index (χ4n) is 4.57. The molecule has 2 heterocycles. The third kappa shape index (κ3) is 3.77. The Morgan fingerprint density at radius 3 is 2.70 bits per heavy atom. The molecule has 30 heavy (non-hydrogen) atoms. The number of amides is 1. The zero-order chi connectivity index (χ0) is 20.7. The maximum absolute atomic E-state index is 12.7. The van der Waals surface area contributed by atoms with E-state index in [1.165, 1.54) is 0 Å². The number of benzene rings is 2. The minimum Gasteiger partial charge on any atom is -0.454 e. The number of hydrogen-bond donors (Lipinski definition) is 2. The van der Waals surface area contributed by atoms with Gasteiger partial charge in [0.05, 0.1) is 17.7 Å². The van der Waals surface area contributed by atoms with Gasteiger partial charge >= 0.3 is 0 Å². The molecule has 0 aromatic heterocycles. The molecule has 0 spiro atoms. The Morgan fingerprint density at radius 1 is 1.17 bits per heavy atom. The van der Waals surface area contributed by atoms with Crippen LogP contribution in [0.25, 0.3) is 0 Å². The Bertz CT molecular complexity index is 926. The molecule has 2 aromatic carbocycles. The molecule has 2 fully saturated rings. The molecule has 2 aromatic rings. The van der Waals surface area contributed by atoms with E-state index in [9.17, 15) is 9.90 Å². The summed E-state index contributed by atoms with van der Waals surface area (Å²) in [5, 5.41) is 14.5. The first kappa shape index (κ1) is 19.4. The van der Waals surface area contributed by atoms with Crippen LogP contribution in [0.1, 0.15) is 43.4 Å². The summed E-state index contributed by atoms with van der Waals surface area (Å²) < 4.78 is 11.0. The second kappa shape index (κ2) is 7.60. The van der Waals surface area contributed by atoms with Crippen molar-refractivity contribution in [3.8, 4) is 11.5 Å². The Morgan fingerprint density at radius 2 is 1.93 bits per heavy atom. The van der Waals surface area contributed by atoms with Crippen LogP contribution in [-0.4, -0.2) is 40.9 Å². The average Bonchev–Trinajstić information content (AvgIpc) is 3.49. The summed E-state index contributed by atoms with van der Waals surface area (Å²) in [5.41, 5.74) is 1.24. The van der Waals surface area contributed by atoms with Gasteiger partial charge in [0.25, 0.3) is 0 Å². The zero-order valence-corrected chi connectivity index (χ0v) is 17.2. The number of carbonyl (C=O) groups excluding carboxylic acids is 1. The average molecular weight is 408 g/mol. The van der Waals surface area contributed by atoms with Crippen molar-refractivity contribution in [2.75, 3.05) is 13.3 Å². The van der Waals surface area contributed by atoms with Gasteiger partial charge in [0, 0.05) is 19.0 Å². The van der Waals surface area contributed by atoms with Gasteiger partial charge < -0.3 is 19.9 Å². The highest BCUT2D eigenvalue weighted by Gasteiger charge is 2.47. The second-order valence-electron chi connectivity index (χ2n) is 8.88. The van der Waals surface area contributed by atoms with E-state index in [1.807, 2.05) is 37.3 Å². The molecule has 3 atom stereocenters. The fourth-order valence-corrected chi connectivity index (χ4v) is 4.57. The van der Waals surface area contributed by atoms with Crippen molar-refractivity contribution in [2.24, 2.45) is 5.92 Å². The van der Waals surface area contributed by atoms with Crippen molar-refractivity contribution < 1.29 is 19.4 Å². The van der Waals surface area contributed by atoms with Crippen LogP contribution in [0.3, 0.4) is 0 Å². The van der Waals surface area contributed by atoms with Gasteiger partial charge in [-0.2, -0.15) is 0 Å². The van der Waals surface area contributed by atoms with Crippen LogP contribution in [0.5, 0.6) is 11.5 Å². The number of fused-ring (bicyclic) bond motifs is 1. The van der Waals surface area contributed by atoms with E-state index in [1.54, 1.807) is 0 Å². The normalized spacial score (nSPS) is 28.3. The van der Waals surface area contributed by atoms with Crippen molar-refractivity contribution in [1.82, 2.24) is 10.2 Å². The van der Waals surface area contributed by atoms with Crippen molar-refractivity contribution in [1.29, 1.82) is 0 Å². The molecule has 2 aliphatic heterocycles. The summed E-state index contributed by atoms with van der Waals surface area (Å²) in [6.45, 7) is 3.53. The van der Waals surface area contributed by atoms with E-state index in [0.717, 1.165) is 42.0 Å². The lowest BCUT2D eigenvalue weighted by atomic mass is 9.79. The van der Waals surface area contributed by atoms with Crippen LogP contribution in [-0.2, 0) is 11.3 Å². The van der Waals surface area contributed by atoms with Crippen molar-refractivity contribution in [3.05, 3.63) is 59.7 Å². The SMILES string of the molecule is C[C@@]1(O)CCN(Cc2ccc3c(c2)OCO3)[C@@H](c2ccccc2)[C@@H]1NC(=O)C1CC1. The molecule has 6 heteroatoms. The third-order valence-corrected chi connectivity index (χ3v) is 6.49. The third-order valence-electron chi connectivity index (χ3n) is 6.49. The van der Waals surface area contributed by atoms with E-state index in [0.29, 0.717) is 13.0 Å². The molecular formula is C24H28N2O4. The summed E-state index contributed by atoms with van der Waals surface area (Å²) in [7, 11) is 0. The van der Waals surface area contributed by atoms with E-state index < -0.39 is 5.60 Å². The van der Waals surface area contributed by atoms with Gasteiger partial charge in [-0.3, -0.25) is 9.69 Å². The highest BCUT2D eigenvalue weighted by atomic mass is 16.7. The summed E-state index contributed by atoms with van der Waals surface area (Å²) >= 11 is 0. The number of piperidine rings is 1. The van der Waals surface area contributed by atoms with Gasteiger partial charge in [-0.1, -0.05) is 36.4 Å². The van der Waals surface area contributed by atoms with Crippen LogP contribution in [0.15, 0.2) is 48.5 Å². The predicted molar refractivity (Wildman–Crippen MR) is 112 cm³/mol. The van der Waals surface area contributed by atoms with Crippen molar-refractivity contribution >= 4 is 5.91 Å². The van der Waals surface area contributed by atoms with Crippen LogP contribution in [0, 0.1) is 5.92 Å². The van der Waals surface area contributed by atoms with Crippen LogP contribution >= 0.6 is 0 Å². The number of ether oxygens (including phenoxy) is 2. The van der Waals surface area contributed by atoms with Gasteiger partial charge in [0.1, 0.15) is 0 Å². The molecule has 1 saturated carbocycles. The van der Waals surface area contributed by atoms with Crippen LogP contribution in [0.2, 0.25) is 0 Å². The Balaban J connectivity index is 1.46. The van der Waals surface area contributed by atoms with Gasteiger partial charge in [-0.15, -0.1) is 0 Å². The zero-order valence-electron chi connectivity index (χ0n) is 17.2. The minimum absolute atomic E-state index is 0.0612. The smallest absolute Gasteiger partial charge is 0.231 e. The highest BCUT2D eigenvalue weighted by molar-refractivity contribution is 5.81. The summed E-state index contributed by atoms with van der Waals surface area (Å²) in [6, 6.07) is 15.7. The lowest BCUT2D eigenvalue weighted by Crippen LogP contribution is -2.62. The first-order chi connectivity index (χ1) is 14.5. The number of hydrogen-bond acceptors (Lipinski definition) is 5. The molecule has 1 amide bonds. The monoisotopic (exact) mass is 408 g/mol. The van der Waals surface area contributed by atoms with E-state index in [-0.39, 0.29) is 30.7 Å². The van der Waals surface area contributed by atoms with Crippen molar-refractivity contribution in [3.63, 3.8) is 0 Å². The topological polar surface area (TPSA) is 71.0 Å². The molecule has 0 radical (unpaired) electrons. The molecule has 2 N–H and O–H groups in total. The lowest BCUT2D eigenvalue weighted by molar-refractivity contribution is -0.130. The van der Waals surface area contributed by atoms with Crippen LogP contribution in [0.4, 0.5) is 0 Å². The molecular weight excluding hydrogens is 380 g/mol. The first-order valence-electron chi connectivity index (χ1n) is 10.7. The number of nitrogens with one attached hydrogen (secondary N) is 1. The van der Waals surface area contributed by atoms with Gasteiger partial charge in [0.2, 0.25) is 12.7 Å². The van der Waals surface area contributed by atoms with E-state index in [4.69, 9.17) is 9.47 Å². The molecule has 3 aliphatic rings. The number of aliphatic hydroxyl groups is 1. The Hall–Kier alpha value is -2.57. The van der Waals surface area contributed by atoms with Gasteiger partial charge in [-0.05, 0) is 49.4 Å². The minimum atomic E-state index is -0.976. The number of likely N-dealkylation sites (tertiary alicyclic amines) is 1. The molecule has 0 unspecified atom stereocenters. The largest absolute Gasteiger partial charge is 0.454 e. The van der Waals surface area contributed by atoms with Gasteiger partial charge in [0.15, 0.2) is 11.5 Å². The first-order valence-corrected chi connectivity index (χ1v) is 10.7. The summed E-state index contributed by atoms with van der Waals surface area (Å²) in [5.74, 6) is 1.70. The molecule has 6 nitrogen and oxygen atoms in total. The number of rotatable bonds is 5. The summed E-state index contributed by atoms with van der Waals surface area (Å²) in [4.78, 5) is 15.0. The van der Waals surface area contributed by atoms with Gasteiger partial charge in [-0.25, -0.2) is 0 Å². The number of carbonyl (C=O) groups is 1. The van der Waals surface area contributed by atoms with E-state index >= 15 is 0 Å². The summed E-state index contributed by atoms with van der Waals surface area (Å²) in [6.07, 6.45) is 2.48. The maximum atomic E-state index is 12.7. The quantitative estimate of drug-likeness (QED) is 0.796. The molecule has 1 saturated heterocycles. The molecule has 5 rings (SSSR count). The van der Waals surface area contributed by atoms with Crippen molar-refractivity contribution in [2.45, 2.75) is 50.4 Å². The maximum Gasteiger partial charge on any atom is 0.231 e. The lowest BCUT2D eigenvalue weighted by Gasteiger charge is -2.49. The Labute approximate surface area is 176 Å². The molecule has 158 valence electrons. The van der Waals surface area contributed by atoms with E-state index in [2.05, 4.69) is 28.4 Å².